The number of halogens is 4. The topological polar surface area (TPSA) is 69.6 Å². The number of urea groups is 1. The molecule has 0 heterocycles. The van der Waals surface area contributed by atoms with Crippen LogP contribution in [0.5, 0.6) is 0 Å². The van der Waals surface area contributed by atoms with Crippen LogP contribution >= 0.6 is 11.6 Å². The van der Waals surface area contributed by atoms with E-state index >= 15 is 0 Å². The molecule has 1 aromatic carbocycles. The Morgan fingerprint density at radius 1 is 1.38 bits per heavy atom. The number of nitrogens with zero attached hydrogens (tertiary/aromatic N) is 1. The van der Waals surface area contributed by atoms with Crippen molar-refractivity contribution >= 4 is 29.3 Å². The van der Waals surface area contributed by atoms with Gasteiger partial charge in [-0.3, -0.25) is 4.79 Å². The zero-order valence-electron chi connectivity index (χ0n) is 10.9. The summed E-state index contributed by atoms with van der Waals surface area (Å²) < 4.78 is 37.1. The van der Waals surface area contributed by atoms with Crippen LogP contribution in [0.15, 0.2) is 18.2 Å². The second-order valence-electron chi connectivity index (χ2n) is 4.21. The van der Waals surface area contributed by atoms with Gasteiger partial charge in [-0.25, -0.2) is 4.79 Å². The number of hydrogen-bond donors (Lipinski definition) is 2. The molecule has 0 spiro atoms. The van der Waals surface area contributed by atoms with E-state index in [0.717, 1.165) is 0 Å². The molecule has 1 rings (SSSR count). The Balaban J connectivity index is 2.90. The standard InChI is InChI=1S/C12H12ClF3N2O3/c1-7-8(13)3-2-4-9(7)17-11(21)18(5-10(19)20)6-12(14,15)16/h2-4H,5-6H2,1H3,(H,17,21)(H,19,20). The highest BCUT2D eigenvalue weighted by atomic mass is 35.5. The summed E-state index contributed by atoms with van der Waals surface area (Å²) in [4.78, 5) is 22.5. The molecule has 2 N–H and O–H groups in total. The van der Waals surface area contributed by atoms with Gasteiger partial charge in [-0.05, 0) is 24.6 Å². The first-order valence-corrected chi connectivity index (χ1v) is 6.07. The van der Waals surface area contributed by atoms with Crippen LogP contribution in [0.4, 0.5) is 23.7 Å². The van der Waals surface area contributed by atoms with Gasteiger partial charge >= 0.3 is 18.2 Å². The first kappa shape index (κ1) is 17.1. The number of rotatable bonds is 4. The number of carboxylic acid groups (broad SMARTS) is 1. The number of amides is 2. The molecule has 0 aliphatic rings. The van der Waals surface area contributed by atoms with E-state index in [9.17, 15) is 22.8 Å². The molecule has 0 aliphatic heterocycles. The number of carbonyl (C=O) groups excluding carboxylic acids is 1. The van der Waals surface area contributed by atoms with Crippen molar-refractivity contribution in [3.8, 4) is 0 Å². The summed E-state index contributed by atoms with van der Waals surface area (Å²) in [5.74, 6) is -1.54. The lowest BCUT2D eigenvalue weighted by Crippen LogP contribution is -2.44. The fourth-order valence-corrected chi connectivity index (χ4v) is 1.69. The molecule has 0 unspecified atom stereocenters. The van der Waals surface area contributed by atoms with Crippen molar-refractivity contribution < 1.29 is 27.9 Å². The number of aliphatic carboxylic acids is 1. The molecule has 116 valence electrons. The van der Waals surface area contributed by atoms with Crippen LogP contribution in [-0.2, 0) is 4.79 Å². The minimum absolute atomic E-state index is 0.155. The van der Waals surface area contributed by atoms with E-state index in [1.165, 1.54) is 12.1 Å². The maximum Gasteiger partial charge on any atom is 0.406 e. The minimum atomic E-state index is -4.70. The predicted molar refractivity (Wildman–Crippen MR) is 70.5 cm³/mol. The number of anilines is 1. The highest BCUT2D eigenvalue weighted by Crippen LogP contribution is 2.24. The largest absolute Gasteiger partial charge is 0.480 e. The smallest absolute Gasteiger partial charge is 0.406 e. The van der Waals surface area contributed by atoms with Crippen LogP contribution in [0.3, 0.4) is 0 Å². The molecule has 9 heteroatoms. The molecule has 1 aromatic rings. The summed E-state index contributed by atoms with van der Waals surface area (Å²) >= 11 is 5.83. The van der Waals surface area contributed by atoms with Gasteiger partial charge in [-0.15, -0.1) is 0 Å². The van der Waals surface area contributed by atoms with Crippen molar-refractivity contribution in [3.63, 3.8) is 0 Å². The van der Waals surface area contributed by atoms with E-state index in [0.29, 0.717) is 10.6 Å². The first-order chi connectivity index (χ1) is 9.60. The van der Waals surface area contributed by atoms with Crippen molar-refractivity contribution in [1.82, 2.24) is 4.90 Å². The van der Waals surface area contributed by atoms with Crippen molar-refractivity contribution in [2.75, 3.05) is 18.4 Å². The van der Waals surface area contributed by atoms with Crippen LogP contribution in [0.1, 0.15) is 5.56 Å². The Hall–Kier alpha value is -1.96. The van der Waals surface area contributed by atoms with E-state index in [4.69, 9.17) is 16.7 Å². The van der Waals surface area contributed by atoms with Crippen LogP contribution in [0.2, 0.25) is 5.02 Å². The summed E-state index contributed by atoms with van der Waals surface area (Å²) in [6, 6.07) is 3.35. The molecule has 2 amide bonds. The van der Waals surface area contributed by atoms with Gasteiger partial charge in [0, 0.05) is 10.7 Å². The second kappa shape index (κ2) is 6.66. The lowest BCUT2D eigenvalue weighted by atomic mass is 10.2. The van der Waals surface area contributed by atoms with Gasteiger partial charge in [-0.1, -0.05) is 17.7 Å². The minimum Gasteiger partial charge on any atom is -0.480 e. The molecular formula is C12H12ClF3N2O3. The molecule has 21 heavy (non-hydrogen) atoms. The van der Waals surface area contributed by atoms with Crippen molar-refractivity contribution in [1.29, 1.82) is 0 Å². The van der Waals surface area contributed by atoms with Gasteiger partial charge in [-0.2, -0.15) is 13.2 Å². The zero-order valence-corrected chi connectivity index (χ0v) is 11.6. The second-order valence-corrected chi connectivity index (χ2v) is 4.61. The number of benzene rings is 1. The van der Waals surface area contributed by atoms with Gasteiger partial charge in [0.15, 0.2) is 0 Å². The molecule has 0 aromatic heterocycles. The lowest BCUT2D eigenvalue weighted by molar-refractivity contribution is -0.148. The maximum absolute atomic E-state index is 12.4. The predicted octanol–water partition coefficient (Wildman–Crippen LogP) is 3.13. The highest BCUT2D eigenvalue weighted by molar-refractivity contribution is 6.31. The average Bonchev–Trinajstić information content (AvgIpc) is 2.31. The van der Waals surface area contributed by atoms with Crippen molar-refractivity contribution in [3.05, 3.63) is 28.8 Å². The molecular weight excluding hydrogens is 313 g/mol. The Bertz CT molecular complexity index is 549. The Kier molecular flexibility index (Phi) is 5.42. The number of carboxylic acids is 1. The quantitative estimate of drug-likeness (QED) is 0.894. The molecule has 0 aliphatic carbocycles. The van der Waals surface area contributed by atoms with Crippen LogP contribution in [-0.4, -0.2) is 41.3 Å². The monoisotopic (exact) mass is 324 g/mol. The van der Waals surface area contributed by atoms with Gasteiger partial charge < -0.3 is 15.3 Å². The fraction of sp³-hybridized carbons (Fsp3) is 0.333. The van der Waals surface area contributed by atoms with Gasteiger partial charge in [0.2, 0.25) is 0 Å². The fourth-order valence-electron chi connectivity index (χ4n) is 1.52. The normalized spacial score (nSPS) is 11.1. The molecule has 0 bridgehead atoms. The summed E-state index contributed by atoms with van der Waals surface area (Å²) in [5.41, 5.74) is 0.680. The third-order valence-electron chi connectivity index (χ3n) is 2.49. The zero-order chi connectivity index (χ0) is 16.2. The maximum atomic E-state index is 12.4. The molecule has 0 atom stereocenters. The highest BCUT2D eigenvalue weighted by Gasteiger charge is 2.34. The molecule has 5 nitrogen and oxygen atoms in total. The third-order valence-corrected chi connectivity index (χ3v) is 2.90. The average molecular weight is 325 g/mol. The lowest BCUT2D eigenvalue weighted by Gasteiger charge is -2.23. The van der Waals surface area contributed by atoms with Gasteiger partial charge in [0.25, 0.3) is 0 Å². The number of nitrogens with one attached hydrogen (secondary N) is 1. The summed E-state index contributed by atoms with van der Waals surface area (Å²) in [5, 5.41) is 11.1. The number of carbonyl (C=O) groups is 2. The third kappa shape index (κ3) is 5.50. The van der Waals surface area contributed by atoms with E-state index in [1.807, 2.05) is 0 Å². The van der Waals surface area contributed by atoms with Gasteiger partial charge in [0.1, 0.15) is 13.1 Å². The summed E-state index contributed by atoms with van der Waals surface area (Å²) in [6.45, 7) is -1.15. The van der Waals surface area contributed by atoms with Crippen molar-refractivity contribution in [2.24, 2.45) is 0 Å². The first-order valence-electron chi connectivity index (χ1n) is 5.69. The molecule has 0 saturated carbocycles. The van der Waals surface area contributed by atoms with Crippen LogP contribution < -0.4 is 5.32 Å². The number of alkyl halides is 3. The Morgan fingerprint density at radius 2 is 2.00 bits per heavy atom. The van der Waals surface area contributed by atoms with Crippen molar-refractivity contribution in [2.45, 2.75) is 13.1 Å². The van der Waals surface area contributed by atoms with E-state index < -0.39 is 31.3 Å². The van der Waals surface area contributed by atoms with Crippen LogP contribution in [0.25, 0.3) is 0 Å². The number of hydrogen-bond acceptors (Lipinski definition) is 2. The van der Waals surface area contributed by atoms with E-state index in [1.54, 1.807) is 13.0 Å². The van der Waals surface area contributed by atoms with Gasteiger partial charge in [0.05, 0.1) is 0 Å². The Labute approximate surface area is 123 Å². The van der Waals surface area contributed by atoms with Crippen LogP contribution in [0, 0.1) is 6.92 Å². The molecule has 0 fully saturated rings. The summed E-state index contributed by atoms with van der Waals surface area (Å²) in [7, 11) is 0. The summed E-state index contributed by atoms with van der Waals surface area (Å²) in [6.07, 6.45) is -4.70. The SMILES string of the molecule is Cc1c(Cl)cccc1NC(=O)N(CC(=O)O)CC(F)(F)F. The van der Waals surface area contributed by atoms with E-state index in [2.05, 4.69) is 5.32 Å². The Morgan fingerprint density at radius 3 is 2.52 bits per heavy atom. The molecule has 0 saturated heterocycles. The molecule has 0 radical (unpaired) electrons. The van der Waals surface area contributed by atoms with E-state index in [-0.39, 0.29) is 10.6 Å².